The van der Waals surface area contributed by atoms with E-state index in [9.17, 15) is 4.21 Å². The molecule has 3 rings (SSSR count). The van der Waals surface area contributed by atoms with Gasteiger partial charge in [0.25, 0.3) is 0 Å². The van der Waals surface area contributed by atoms with Crippen molar-refractivity contribution in [3.63, 3.8) is 0 Å². The van der Waals surface area contributed by atoms with Crippen molar-refractivity contribution in [1.29, 1.82) is 0 Å². The molecule has 156 valence electrons. The fraction of sp³-hybridized carbons (Fsp3) is 0.550. The highest BCUT2D eigenvalue weighted by molar-refractivity contribution is 14.0. The highest BCUT2D eigenvalue weighted by Crippen LogP contribution is 2.23. The molecule has 2 N–H and O–H groups in total. The fourth-order valence-corrected chi connectivity index (χ4v) is 5.39. The first-order chi connectivity index (χ1) is 13.2. The third-order valence-electron chi connectivity index (χ3n) is 4.84. The molecule has 2 aromatic rings. The maximum Gasteiger partial charge on any atom is 0.191 e. The molecule has 1 fully saturated rings. The van der Waals surface area contributed by atoms with E-state index < -0.39 is 10.8 Å². The van der Waals surface area contributed by atoms with E-state index in [0.717, 1.165) is 56.1 Å². The molecule has 3 unspecified atom stereocenters. The lowest BCUT2D eigenvalue weighted by Gasteiger charge is -2.30. The van der Waals surface area contributed by atoms with Gasteiger partial charge < -0.3 is 15.1 Å². The van der Waals surface area contributed by atoms with Crippen molar-refractivity contribution in [2.24, 2.45) is 4.99 Å². The number of nitrogens with zero attached hydrogens (tertiary/aromatic N) is 1. The average molecular weight is 536 g/mol. The molecule has 5 nitrogen and oxygen atoms in total. The van der Waals surface area contributed by atoms with Crippen molar-refractivity contribution in [2.45, 2.75) is 56.9 Å². The van der Waals surface area contributed by atoms with E-state index in [4.69, 9.17) is 9.41 Å². The molecule has 1 aliphatic rings. The predicted octanol–water partition coefficient (Wildman–Crippen LogP) is 4.32. The van der Waals surface area contributed by atoms with Crippen LogP contribution in [0.25, 0.3) is 0 Å². The Morgan fingerprint density at radius 1 is 1.36 bits per heavy atom. The van der Waals surface area contributed by atoms with Gasteiger partial charge in [0.15, 0.2) is 5.96 Å². The van der Waals surface area contributed by atoms with E-state index in [1.54, 1.807) is 17.6 Å². The number of furan rings is 1. The molecule has 0 bridgehead atoms. The second-order valence-electron chi connectivity index (χ2n) is 6.80. The van der Waals surface area contributed by atoms with Gasteiger partial charge in [0.05, 0.1) is 12.8 Å². The van der Waals surface area contributed by atoms with Gasteiger partial charge in [0, 0.05) is 45.7 Å². The van der Waals surface area contributed by atoms with Crippen LogP contribution in [0.4, 0.5) is 0 Å². The summed E-state index contributed by atoms with van der Waals surface area (Å²) in [6, 6.07) is 8.39. The molecule has 3 atom stereocenters. The topological polar surface area (TPSA) is 66.6 Å². The van der Waals surface area contributed by atoms with E-state index in [1.165, 1.54) is 4.88 Å². The summed E-state index contributed by atoms with van der Waals surface area (Å²) < 4.78 is 17.6. The summed E-state index contributed by atoms with van der Waals surface area (Å²) in [6.45, 7) is 3.45. The zero-order valence-corrected chi connectivity index (χ0v) is 20.2. The Kier molecular flexibility index (Phi) is 10.6. The van der Waals surface area contributed by atoms with E-state index in [1.807, 2.05) is 19.1 Å². The first-order valence-electron chi connectivity index (χ1n) is 9.71. The highest BCUT2D eigenvalue weighted by atomic mass is 127. The summed E-state index contributed by atoms with van der Waals surface area (Å²) in [5.74, 6) is 2.55. The number of hydrogen-bond acceptors (Lipinski definition) is 4. The Balaban J connectivity index is 0.00000280. The Morgan fingerprint density at radius 2 is 2.25 bits per heavy atom. The molecular weight excluding hydrogens is 505 g/mol. The molecule has 1 aliphatic carbocycles. The summed E-state index contributed by atoms with van der Waals surface area (Å²) in [7, 11) is -0.714. The fourth-order valence-electron chi connectivity index (χ4n) is 3.41. The molecule has 0 aromatic carbocycles. The van der Waals surface area contributed by atoms with Crippen LogP contribution in [0.3, 0.4) is 0 Å². The molecular formula is C20H30IN3O2S2. The molecule has 0 radical (unpaired) electrons. The maximum absolute atomic E-state index is 12.2. The normalized spacial score (nSPS) is 21.0. The zero-order valence-electron chi connectivity index (χ0n) is 16.3. The van der Waals surface area contributed by atoms with E-state index >= 15 is 0 Å². The highest BCUT2D eigenvalue weighted by Gasteiger charge is 2.26. The molecule has 2 heterocycles. The SMILES string of the molecule is CCS(=O)C1CCCC(NC(=NCc2cccs2)NCCc2ccco2)C1.I. The standard InChI is InChI=1S/C20H29N3O2S2.HI/c1-2-27(24)19-9-3-6-16(14-19)23-20(22-15-18-8-5-13-26-18)21-11-10-17-7-4-12-25-17;/h4-5,7-8,12-13,16,19H,2-3,6,9-11,14-15H2,1H3,(H2,21,22,23);1H. The van der Waals surface area contributed by atoms with Gasteiger partial charge in [-0.05, 0) is 42.8 Å². The third kappa shape index (κ3) is 7.51. The smallest absolute Gasteiger partial charge is 0.191 e. The van der Waals surface area contributed by atoms with Crippen molar-refractivity contribution < 1.29 is 8.63 Å². The van der Waals surface area contributed by atoms with E-state index in [-0.39, 0.29) is 24.0 Å². The van der Waals surface area contributed by atoms with Gasteiger partial charge in [-0.15, -0.1) is 35.3 Å². The number of hydrogen-bond donors (Lipinski definition) is 2. The zero-order chi connectivity index (χ0) is 18.9. The Bertz CT molecular complexity index is 720. The van der Waals surface area contributed by atoms with Crippen LogP contribution in [-0.4, -0.2) is 33.8 Å². The number of guanidine groups is 1. The quantitative estimate of drug-likeness (QED) is 0.300. The van der Waals surface area contributed by atoms with Gasteiger partial charge in [0.2, 0.25) is 0 Å². The lowest BCUT2D eigenvalue weighted by molar-refractivity contribution is 0.413. The van der Waals surface area contributed by atoms with Gasteiger partial charge in [-0.2, -0.15) is 0 Å². The first kappa shape index (κ1) is 23.4. The molecule has 0 spiro atoms. The van der Waals surface area contributed by atoms with Crippen molar-refractivity contribution >= 4 is 52.1 Å². The van der Waals surface area contributed by atoms with Crippen LogP contribution in [0, 0.1) is 0 Å². The number of halogens is 1. The Morgan fingerprint density at radius 3 is 2.96 bits per heavy atom. The Labute approximate surface area is 191 Å². The molecule has 28 heavy (non-hydrogen) atoms. The summed E-state index contributed by atoms with van der Waals surface area (Å²) >= 11 is 1.72. The number of aliphatic imine (C=N–C) groups is 1. The second-order valence-corrected chi connectivity index (χ2v) is 9.84. The van der Waals surface area contributed by atoms with Gasteiger partial charge in [-0.3, -0.25) is 4.21 Å². The van der Waals surface area contributed by atoms with Crippen LogP contribution in [0.1, 0.15) is 43.2 Å². The van der Waals surface area contributed by atoms with Crippen molar-refractivity contribution in [3.8, 4) is 0 Å². The lowest BCUT2D eigenvalue weighted by atomic mass is 9.95. The molecule has 0 saturated heterocycles. The van der Waals surface area contributed by atoms with Crippen LogP contribution in [0.2, 0.25) is 0 Å². The van der Waals surface area contributed by atoms with Crippen LogP contribution in [0.15, 0.2) is 45.3 Å². The first-order valence-corrected chi connectivity index (χ1v) is 12.0. The Hall–Kier alpha value is -0.870. The summed E-state index contributed by atoms with van der Waals surface area (Å²) in [6.07, 6.45) is 6.79. The third-order valence-corrected chi connectivity index (χ3v) is 7.44. The van der Waals surface area contributed by atoms with Crippen LogP contribution in [-0.2, 0) is 23.8 Å². The van der Waals surface area contributed by atoms with Gasteiger partial charge in [-0.1, -0.05) is 19.4 Å². The number of thiophene rings is 1. The van der Waals surface area contributed by atoms with Crippen LogP contribution >= 0.6 is 35.3 Å². The second kappa shape index (κ2) is 12.6. The molecule has 0 amide bonds. The molecule has 2 aromatic heterocycles. The lowest BCUT2D eigenvalue weighted by Crippen LogP contribution is -2.47. The van der Waals surface area contributed by atoms with Gasteiger partial charge in [-0.25, -0.2) is 4.99 Å². The van der Waals surface area contributed by atoms with Crippen molar-refractivity contribution in [1.82, 2.24) is 10.6 Å². The maximum atomic E-state index is 12.2. The number of rotatable bonds is 8. The molecule has 0 aliphatic heterocycles. The van der Waals surface area contributed by atoms with E-state index in [2.05, 4.69) is 28.1 Å². The predicted molar refractivity (Wildman–Crippen MR) is 129 cm³/mol. The van der Waals surface area contributed by atoms with E-state index in [0.29, 0.717) is 17.8 Å². The van der Waals surface area contributed by atoms with Crippen LogP contribution in [0.5, 0.6) is 0 Å². The van der Waals surface area contributed by atoms with Crippen LogP contribution < -0.4 is 10.6 Å². The average Bonchev–Trinajstić information content (AvgIpc) is 3.39. The van der Waals surface area contributed by atoms with Crippen molar-refractivity contribution in [3.05, 3.63) is 46.5 Å². The summed E-state index contributed by atoms with van der Waals surface area (Å²) in [5, 5.41) is 9.41. The van der Waals surface area contributed by atoms with Gasteiger partial charge >= 0.3 is 0 Å². The molecule has 8 heteroatoms. The van der Waals surface area contributed by atoms with Gasteiger partial charge in [0.1, 0.15) is 5.76 Å². The van der Waals surface area contributed by atoms with Crippen molar-refractivity contribution in [2.75, 3.05) is 12.3 Å². The minimum Gasteiger partial charge on any atom is -0.469 e. The molecule has 1 saturated carbocycles. The summed E-state index contributed by atoms with van der Waals surface area (Å²) in [5.41, 5.74) is 0. The number of nitrogens with one attached hydrogen (secondary N) is 2. The minimum absolute atomic E-state index is 0. The monoisotopic (exact) mass is 535 g/mol. The summed E-state index contributed by atoms with van der Waals surface area (Å²) in [4.78, 5) is 6.01. The largest absolute Gasteiger partial charge is 0.469 e. The minimum atomic E-state index is -0.714.